The fourth-order valence-corrected chi connectivity index (χ4v) is 3.32. The summed E-state index contributed by atoms with van der Waals surface area (Å²) in [5.74, 6) is 0.643. The molecule has 1 nitrogen and oxygen atoms in total. The van der Waals surface area contributed by atoms with E-state index in [9.17, 15) is 0 Å². The van der Waals surface area contributed by atoms with Crippen LogP contribution < -0.4 is 5.73 Å². The van der Waals surface area contributed by atoms with E-state index in [1.165, 1.54) is 24.8 Å². The van der Waals surface area contributed by atoms with Crippen LogP contribution in [0.2, 0.25) is 5.02 Å². The third-order valence-electron chi connectivity index (χ3n) is 4.09. The number of hydrogen-bond acceptors (Lipinski definition) is 1. The zero-order chi connectivity index (χ0) is 12.5. The lowest BCUT2D eigenvalue weighted by Crippen LogP contribution is -2.51. The summed E-state index contributed by atoms with van der Waals surface area (Å²) >= 11 is 6.35. The number of benzene rings is 1. The lowest BCUT2D eigenvalue weighted by Gasteiger charge is -2.48. The second kappa shape index (κ2) is 4.99. The first-order valence-electron chi connectivity index (χ1n) is 6.57. The summed E-state index contributed by atoms with van der Waals surface area (Å²) in [5, 5.41) is 0.881. The summed E-state index contributed by atoms with van der Waals surface area (Å²) < 4.78 is 0. The molecule has 1 fully saturated rings. The first-order valence-corrected chi connectivity index (χ1v) is 6.94. The molecule has 0 heterocycles. The van der Waals surface area contributed by atoms with Crippen LogP contribution in [0.15, 0.2) is 24.3 Å². The molecular formula is C15H22ClN. The Kier molecular flexibility index (Phi) is 3.79. The summed E-state index contributed by atoms with van der Waals surface area (Å²) in [6, 6.07) is 8.44. The standard InChI is InChI=1S/C15H22ClN/c1-11(2)10-14(17)15(8-5-9-15)12-6-3-4-7-13(12)16/h3-4,6-7,11,14H,5,8-10,17H2,1-2H3. The topological polar surface area (TPSA) is 26.0 Å². The second-order valence-corrected chi connectivity index (χ2v) is 6.13. The molecule has 1 atom stereocenters. The maximum atomic E-state index is 6.46. The predicted octanol–water partition coefficient (Wildman–Crippen LogP) is 4.14. The Hall–Kier alpha value is -0.530. The molecule has 2 N–H and O–H groups in total. The predicted molar refractivity (Wildman–Crippen MR) is 74.4 cm³/mol. The SMILES string of the molecule is CC(C)CC(N)C1(c2ccccc2Cl)CCC1. The zero-order valence-corrected chi connectivity index (χ0v) is 11.5. The molecule has 17 heavy (non-hydrogen) atoms. The Bertz CT molecular complexity index is 382. The minimum Gasteiger partial charge on any atom is -0.327 e. The van der Waals surface area contributed by atoms with Crippen molar-refractivity contribution in [3.05, 3.63) is 34.9 Å². The van der Waals surface area contributed by atoms with Crippen LogP contribution in [0.3, 0.4) is 0 Å². The number of hydrogen-bond donors (Lipinski definition) is 1. The summed E-state index contributed by atoms with van der Waals surface area (Å²) in [6.07, 6.45) is 4.72. The molecule has 0 bridgehead atoms. The van der Waals surface area contributed by atoms with Crippen molar-refractivity contribution >= 4 is 11.6 Å². The van der Waals surface area contributed by atoms with Crippen LogP contribution in [0.25, 0.3) is 0 Å². The van der Waals surface area contributed by atoms with Crippen LogP contribution in [0.4, 0.5) is 0 Å². The van der Waals surface area contributed by atoms with E-state index in [0.29, 0.717) is 5.92 Å². The minimum atomic E-state index is 0.141. The van der Waals surface area contributed by atoms with Crippen LogP contribution in [-0.2, 0) is 5.41 Å². The van der Waals surface area contributed by atoms with Crippen molar-refractivity contribution in [2.24, 2.45) is 11.7 Å². The first kappa shape index (κ1) is 12.9. The lowest BCUT2D eigenvalue weighted by molar-refractivity contribution is 0.178. The first-order chi connectivity index (χ1) is 8.06. The average molecular weight is 252 g/mol. The van der Waals surface area contributed by atoms with Crippen molar-refractivity contribution in [3.63, 3.8) is 0 Å². The van der Waals surface area contributed by atoms with Gasteiger partial charge in [-0.1, -0.05) is 50.1 Å². The van der Waals surface area contributed by atoms with Crippen molar-refractivity contribution in [2.75, 3.05) is 0 Å². The Balaban J connectivity index is 2.28. The fourth-order valence-electron chi connectivity index (χ4n) is 3.00. The van der Waals surface area contributed by atoms with E-state index in [-0.39, 0.29) is 11.5 Å². The lowest BCUT2D eigenvalue weighted by atomic mass is 9.59. The second-order valence-electron chi connectivity index (χ2n) is 5.73. The van der Waals surface area contributed by atoms with Crippen LogP contribution in [0.5, 0.6) is 0 Å². The molecule has 2 rings (SSSR count). The highest BCUT2D eigenvalue weighted by Crippen LogP contribution is 2.49. The number of rotatable bonds is 4. The molecule has 1 saturated carbocycles. The van der Waals surface area contributed by atoms with Crippen molar-refractivity contribution in [3.8, 4) is 0 Å². The van der Waals surface area contributed by atoms with Crippen LogP contribution in [0.1, 0.15) is 45.1 Å². The van der Waals surface area contributed by atoms with E-state index in [4.69, 9.17) is 17.3 Å². The molecule has 1 aromatic carbocycles. The number of halogens is 1. The molecule has 1 aliphatic carbocycles. The van der Waals surface area contributed by atoms with Gasteiger partial charge in [0.05, 0.1) is 0 Å². The van der Waals surface area contributed by atoms with E-state index in [0.717, 1.165) is 11.4 Å². The van der Waals surface area contributed by atoms with Crippen LogP contribution in [0, 0.1) is 5.92 Å². The van der Waals surface area contributed by atoms with Gasteiger partial charge >= 0.3 is 0 Å². The molecule has 1 aliphatic rings. The molecule has 94 valence electrons. The zero-order valence-electron chi connectivity index (χ0n) is 10.7. The van der Waals surface area contributed by atoms with Crippen molar-refractivity contribution in [1.29, 1.82) is 0 Å². The molecule has 0 spiro atoms. The molecule has 0 amide bonds. The van der Waals surface area contributed by atoms with Gasteiger partial charge in [0.2, 0.25) is 0 Å². The molecule has 0 radical (unpaired) electrons. The quantitative estimate of drug-likeness (QED) is 0.855. The van der Waals surface area contributed by atoms with Crippen LogP contribution in [-0.4, -0.2) is 6.04 Å². The Labute approximate surface area is 109 Å². The van der Waals surface area contributed by atoms with E-state index in [2.05, 4.69) is 26.0 Å². The van der Waals surface area contributed by atoms with Gasteiger partial charge in [-0.3, -0.25) is 0 Å². The highest BCUT2D eigenvalue weighted by Gasteiger charge is 2.44. The van der Waals surface area contributed by atoms with Crippen molar-refractivity contribution in [1.82, 2.24) is 0 Å². The maximum absolute atomic E-state index is 6.46. The van der Waals surface area contributed by atoms with Crippen LogP contribution >= 0.6 is 11.6 Å². The van der Waals surface area contributed by atoms with Gasteiger partial charge in [-0.25, -0.2) is 0 Å². The average Bonchev–Trinajstić information content (AvgIpc) is 2.18. The van der Waals surface area contributed by atoms with Gasteiger partial charge in [0.1, 0.15) is 0 Å². The molecule has 0 saturated heterocycles. The van der Waals surface area contributed by atoms with Gasteiger partial charge < -0.3 is 5.73 Å². The Morgan fingerprint density at radius 2 is 1.94 bits per heavy atom. The summed E-state index contributed by atoms with van der Waals surface area (Å²) in [7, 11) is 0. The molecule has 0 aromatic heterocycles. The summed E-state index contributed by atoms with van der Waals surface area (Å²) in [5.41, 5.74) is 7.86. The van der Waals surface area contributed by atoms with Gasteiger partial charge in [-0.05, 0) is 36.8 Å². The third-order valence-corrected chi connectivity index (χ3v) is 4.42. The van der Waals surface area contributed by atoms with Gasteiger partial charge in [0.25, 0.3) is 0 Å². The molecular weight excluding hydrogens is 230 g/mol. The smallest absolute Gasteiger partial charge is 0.0444 e. The highest BCUT2D eigenvalue weighted by molar-refractivity contribution is 6.31. The maximum Gasteiger partial charge on any atom is 0.0444 e. The normalized spacial score (nSPS) is 20.1. The van der Waals surface area contributed by atoms with E-state index >= 15 is 0 Å². The highest BCUT2D eigenvalue weighted by atomic mass is 35.5. The summed E-state index contributed by atoms with van der Waals surface area (Å²) in [6.45, 7) is 4.47. The van der Waals surface area contributed by atoms with E-state index in [1.54, 1.807) is 0 Å². The molecule has 1 aromatic rings. The van der Waals surface area contributed by atoms with E-state index < -0.39 is 0 Å². The molecule has 1 unspecified atom stereocenters. The monoisotopic (exact) mass is 251 g/mol. The number of nitrogens with two attached hydrogens (primary N) is 1. The Morgan fingerprint density at radius 1 is 1.29 bits per heavy atom. The fraction of sp³-hybridized carbons (Fsp3) is 0.600. The van der Waals surface area contributed by atoms with Gasteiger partial charge in [-0.2, -0.15) is 0 Å². The van der Waals surface area contributed by atoms with Gasteiger partial charge in [0.15, 0.2) is 0 Å². The molecule has 2 heteroatoms. The largest absolute Gasteiger partial charge is 0.327 e. The van der Waals surface area contributed by atoms with Crippen molar-refractivity contribution < 1.29 is 0 Å². The van der Waals surface area contributed by atoms with E-state index in [1.807, 2.05) is 12.1 Å². The Morgan fingerprint density at radius 3 is 2.41 bits per heavy atom. The summed E-state index contributed by atoms with van der Waals surface area (Å²) in [4.78, 5) is 0. The molecule has 0 aliphatic heterocycles. The van der Waals surface area contributed by atoms with Crippen molar-refractivity contribution in [2.45, 2.75) is 51.0 Å². The minimum absolute atomic E-state index is 0.141. The van der Waals surface area contributed by atoms with Gasteiger partial charge in [0, 0.05) is 16.5 Å². The van der Waals surface area contributed by atoms with Gasteiger partial charge in [-0.15, -0.1) is 0 Å². The third kappa shape index (κ3) is 2.36.